The molecule has 3 rings (SSSR count). The van der Waals surface area contributed by atoms with E-state index in [1.807, 2.05) is 32.0 Å². The molecule has 0 radical (unpaired) electrons. The molecule has 2 heterocycles. The molecule has 6 heteroatoms. The quantitative estimate of drug-likeness (QED) is 0.721. The normalized spacial score (nSPS) is 11.0. The molecular weight excluding hydrogens is 282 g/mol. The summed E-state index contributed by atoms with van der Waals surface area (Å²) < 4.78 is 15.8. The van der Waals surface area contributed by atoms with Gasteiger partial charge in [-0.15, -0.1) is 0 Å². The highest BCUT2D eigenvalue weighted by Crippen LogP contribution is 2.30. The Hall–Kier alpha value is -2.47. The van der Waals surface area contributed by atoms with Crippen molar-refractivity contribution in [3.63, 3.8) is 0 Å². The highest BCUT2D eigenvalue weighted by Gasteiger charge is 2.16. The number of nitrogens with zero attached hydrogens (tertiary/aromatic N) is 3. The molecule has 0 atom stereocenters. The largest absolute Gasteiger partial charge is 0.477 e. The smallest absolute Gasteiger partial charge is 0.252 e. The summed E-state index contributed by atoms with van der Waals surface area (Å²) in [4.78, 5) is 8.88. The highest BCUT2D eigenvalue weighted by atomic mass is 16.5. The molecular formula is C16H17N3O3. The minimum Gasteiger partial charge on any atom is -0.477 e. The molecule has 0 aliphatic heterocycles. The van der Waals surface area contributed by atoms with Gasteiger partial charge in [-0.25, -0.2) is 4.98 Å². The van der Waals surface area contributed by atoms with Gasteiger partial charge in [0.1, 0.15) is 6.61 Å². The summed E-state index contributed by atoms with van der Waals surface area (Å²) in [5, 5.41) is 5.00. The van der Waals surface area contributed by atoms with Crippen LogP contribution in [-0.4, -0.2) is 28.8 Å². The minimum atomic E-state index is 0.275. The Kier molecular flexibility index (Phi) is 4.02. The van der Waals surface area contributed by atoms with E-state index in [4.69, 9.17) is 14.0 Å². The Bertz CT molecular complexity index is 798. The van der Waals surface area contributed by atoms with Crippen LogP contribution in [0.25, 0.3) is 22.3 Å². The number of aryl methyl sites for hydroxylation is 1. The summed E-state index contributed by atoms with van der Waals surface area (Å²) >= 11 is 0. The van der Waals surface area contributed by atoms with E-state index >= 15 is 0 Å². The molecule has 0 N–H and O–H groups in total. The third-order valence-electron chi connectivity index (χ3n) is 3.19. The predicted molar refractivity (Wildman–Crippen MR) is 81.7 cm³/mol. The lowest BCUT2D eigenvalue weighted by atomic mass is 10.1. The van der Waals surface area contributed by atoms with Crippen molar-refractivity contribution in [2.45, 2.75) is 20.5 Å². The lowest BCUT2D eigenvalue weighted by Crippen LogP contribution is -1.98. The van der Waals surface area contributed by atoms with Crippen LogP contribution in [0.1, 0.15) is 18.4 Å². The highest BCUT2D eigenvalue weighted by molar-refractivity contribution is 5.85. The van der Waals surface area contributed by atoms with Crippen molar-refractivity contribution >= 4 is 10.9 Å². The van der Waals surface area contributed by atoms with Crippen molar-refractivity contribution in [1.82, 2.24) is 15.1 Å². The number of pyridine rings is 1. The number of fused-ring (bicyclic) bond motifs is 1. The Morgan fingerprint density at radius 2 is 2.05 bits per heavy atom. The van der Waals surface area contributed by atoms with Crippen LogP contribution in [0.15, 0.2) is 28.8 Å². The van der Waals surface area contributed by atoms with E-state index in [0.29, 0.717) is 29.8 Å². The average Bonchev–Trinajstić information content (AvgIpc) is 2.96. The van der Waals surface area contributed by atoms with Crippen LogP contribution >= 0.6 is 0 Å². The van der Waals surface area contributed by atoms with Crippen molar-refractivity contribution in [3.8, 4) is 17.3 Å². The van der Waals surface area contributed by atoms with E-state index in [1.54, 1.807) is 7.11 Å². The van der Waals surface area contributed by atoms with Crippen LogP contribution in [-0.2, 0) is 11.3 Å². The maximum absolute atomic E-state index is 5.63. The van der Waals surface area contributed by atoms with Crippen molar-refractivity contribution in [3.05, 3.63) is 35.7 Å². The van der Waals surface area contributed by atoms with Gasteiger partial charge in [0.05, 0.1) is 17.7 Å². The topological polar surface area (TPSA) is 70.3 Å². The summed E-state index contributed by atoms with van der Waals surface area (Å²) in [7, 11) is 1.58. The third-order valence-corrected chi connectivity index (χ3v) is 3.19. The number of hydrogen-bond acceptors (Lipinski definition) is 6. The first-order chi connectivity index (χ1) is 10.7. The van der Waals surface area contributed by atoms with Gasteiger partial charge < -0.3 is 14.0 Å². The lowest BCUT2D eigenvalue weighted by molar-refractivity contribution is 0.151. The van der Waals surface area contributed by atoms with Gasteiger partial charge in [-0.3, -0.25) is 0 Å². The summed E-state index contributed by atoms with van der Waals surface area (Å²) in [6, 6.07) is 8.04. The Balaban J connectivity index is 2.13. The molecule has 22 heavy (non-hydrogen) atoms. The van der Waals surface area contributed by atoms with E-state index in [0.717, 1.165) is 16.5 Å². The zero-order valence-corrected chi connectivity index (χ0v) is 12.8. The molecule has 114 valence electrons. The zero-order chi connectivity index (χ0) is 15.5. The SMILES string of the molecule is CCOc1nc2ccc(C)cc2cc1-c1noc(COC)n1. The van der Waals surface area contributed by atoms with Gasteiger partial charge >= 0.3 is 0 Å². The molecule has 0 amide bonds. The standard InChI is InChI=1S/C16H17N3O3/c1-4-21-16-12(15-18-14(9-20-3)22-19-15)8-11-7-10(2)5-6-13(11)17-16/h5-8H,4,9H2,1-3H3. The third kappa shape index (κ3) is 2.78. The second-order valence-electron chi connectivity index (χ2n) is 4.91. The molecule has 0 bridgehead atoms. The fourth-order valence-electron chi connectivity index (χ4n) is 2.23. The van der Waals surface area contributed by atoms with E-state index in [9.17, 15) is 0 Å². The molecule has 0 unspecified atom stereocenters. The fourth-order valence-corrected chi connectivity index (χ4v) is 2.23. The summed E-state index contributed by atoms with van der Waals surface area (Å²) in [6.45, 7) is 4.75. The van der Waals surface area contributed by atoms with Crippen LogP contribution in [0.2, 0.25) is 0 Å². The van der Waals surface area contributed by atoms with E-state index in [2.05, 4.69) is 21.2 Å². The molecule has 1 aromatic carbocycles. The molecule has 0 aliphatic carbocycles. The number of methoxy groups -OCH3 is 1. The number of aromatic nitrogens is 3. The van der Waals surface area contributed by atoms with Gasteiger partial charge in [0.15, 0.2) is 0 Å². The first-order valence-electron chi connectivity index (χ1n) is 7.07. The molecule has 0 aliphatic rings. The number of hydrogen-bond donors (Lipinski definition) is 0. The second kappa shape index (κ2) is 6.11. The van der Waals surface area contributed by atoms with Crippen molar-refractivity contribution in [2.75, 3.05) is 13.7 Å². The average molecular weight is 299 g/mol. The molecule has 0 fully saturated rings. The van der Waals surface area contributed by atoms with Crippen molar-refractivity contribution < 1.29 is 14.0 Å². The van der Waals surface area contributed by atoms with Crippen LogP contribution in [0.3, 0.4) is 0 Å². The molecule has 6 nitrogen and oxygen atoms in total. The molecule has 0 saturated heterocycles. The van der Waals surface area contributed by atoms with Gasteiger partial charge in [0, 0.05) is 12.5 Å². The van der Waals surface area contributed by atoms with Gasteiger partial charge in [0.2, 0.25) is 11.7 Å². The first kappa shape index (κ1) is 14.5. The molecule has 3 aromatic rings. The number of rotatable bonds is 5. The number of benzene rings is 1. The fraction of sp³-hybridized carbons (Fsp3) is 0.312. The second-order valence-corrected chi connectivity index (χ2v) is 4.91. The van der Waals surface area contributed by atoms with Crippen LogP contribution in [0, 0.1) is 6.92 Å². The minimum absolute atomic E-state index is 0.275. The maximum Gasteiger partial charge on any atom is 0.252 e. The van der Waals surface area contributed by atoms with Crippen molar-refractivity contribution in [2.24, 2.45) is 0 Å². The number of ether oxygens (including phenoxy) is 2. The van der Waals surface area contributed by atoms with Gasteiger partial charge in [-0.05, 0) is 32.0 Å². The van der Waals surface area contributed by atoms with Gasteiger partial charge in [-0.1, -0.05) is 16.8 Å². The first-order valence-corrected chi connectivity index (χ1v) is 7.07. The maximum atomic E-state index is 5.63. The molecule has 0 saturated carbocycles. The van der Waals surface area contributed by atoms with Crippen LogP contribution < -0.4 is 4.74 Å². The van der Waals surface area contributed by atoms with Crippen LogP contribution in [0.4, 0.5) is 0 Å². The lowest BCUT2D eigenvalue weighted by Gasteiger charge is -2.08. The van der Waals surface area contributed by atoms with Gasteiger partial charge in [-0.2, -0.15) is 4.98 Å². The summed E-state index contributed by atoms with van der Waals surface area (Å²) in [5.41, 5.74) is 2.75. The zero-order valence-electron chi connectivity index (χ0n) is 12.8. The van der Waals surface area contributed by atoms with Crippen molar-refractivity contribution in [1.29, 1.82) is 0 Å². The van der Waals surface area contributed by atoms with E-state index in [1.165, 1.54) is 0 Å². The summed E-state index contributed by atoms with van der Waals surface area (Å²) in [6.07, 6.45) is 0. The molecule has 2 aromatic heterocycles. The van der Waals surface area contributed by atoms with Gasteiger partial charge in [0.25, 0.3) is 5.89 Å². The Labute approximate surface area is 128 Å². The van der Waals surface area contributed by atoms with E-state index < -0.39 is 0 Å². The Morgan fingerprint density at radius 1 is 1.18 bits per heavy atom. The summed E-state index contributed by atoms with van der Waals surface area (Å²) in [5.74, 6) is 1.37. The predicted octanol–water partition coefficient (Wildman–Crippen LogP) is 3.14. The van der Waals surface area contributed by atoms with Crippen LogP contribution in [0.5, 0.6) is 5.88 Å². The molecule has 0 spiro atoms. The monoisotopic (exact) mass is 299 g/mol. The van der Waals surface area contributed by atoms with E-state index in [-0.39, 0.29) is 6.61 Å². The Morgan fingerprint density at radius 3 is 2.82 bits per heavy atom.